The van der Waals surface area contributed by atoms with Crippen LogP contribution in [0.15, 0.2) is 48.6 Å². The number of hydrogen-bond acceptors (Lipinski definition) is 7. The normalized spacial score (nSPS) is 27.4. The van der Waals surface area contributed by atoms with Crippen LogP contribution in [0.25, 0.3) is 0 Å². The highest BCUT2D eigenvalue weighted by atomic mass is 16.6. The summed E-state index contributed by atoms with van der Waals surface area (Å²) in [7, 11) is 0. The fraction of sp³-hybridized carbons (Fsp3) is 0.357. The van der Waals surface area contributed by atoms with Gasteiger partial charge in [0.1, 0.15) is 5.75 Å². The number of nitro benzene ring substituents is 1. The van der Waals surface area contributed by atoms with Crippen LogP contribution in [0.3, 0.4) is 0 Å². The number of nitrogens with zero attached hydrogens (tertiary/aromatic N) is 3. The first-order valence-electron chi connectivity index (χ1n) is 12.6. The molecule has 194 valence electrons. The minimum atomic E-state index is -0.744. The summed E-state index contributed by atoms with van der Waals surface area (Å²) < 4.78 is 5.56. The van der Waals surface area contributed by atoms with Gasteiger partial charge in [-0.05, 0) is 61.9 Å². The summed E-state index contributed by atoms with van der Waals surface area (Å²) in [5.74, 6) is -2.13. The average molecular weight is 516 g/mol. The van der Waals surface area contributed by atoms with Crippen molar-refractivity contribution in [2.24, 2.45) is 29.6 Å². The zero-order valence-electron chi connectivity index (χ0n) is 20.8. The Balaban J connectivity index is 1.15. The van der Waals surface area contributed by atoms with Gasteiger partial charge in [0, 0.05) is 24.6 Å². The number of allylic oxidation sites excluding steroid dienone is 2. The van der Waals surface area contributed by atoms with Crippen molar-refractivity contribution in [1.29, 1.82) is 0 Å². The van der Waals surface area contributed by atoms with E-state index in [4.69, 9.17) is 4.74 Å². The molecule has 2 aromatic carbocycles. The van der Waals surface area contributed by atoms with Crippen molar-refractivity contribution in [2.45, 2.75) is 26.7 Å². The van der Waals surface area contributed by atoms with E-state index in [2.05, 4.69) is 0 Å². The summed E-state index contributed by atoms with van der Waals surface area (Å²) in [6, 6.07) is 9.28. The van der Waals surface area contributed by atoms with E-state index in [0.29, 0.717) is 22.5 Å². The molecule has 5 atom stereocenters. The molecule has 2 heterocycles. The lowest BCUT2D eigenvalue weighted by Crippen LogP contribution is -2.33. The van der Waals surface area contributed by atoms with Crippen LogP contribution >= 0.6 is 0 Å². The third-order valence-corrected chi connectivity index (χ3v) is 8.26. The maximum Gasteiger partial charge on any atom is 0.316 e. The van der Waals surface area contributed by atoms with E-state index in [1.807, 2.05) is 12.2 Å². The number of fused-ring (bicyclic) bond motifs is 5. The SMILES string of the molecule is Cc1cc(OC(=O)[C@@H]2CC(=O)N(c3ccc(C)c([N+](=O)[O-])c3)C2)ccc1N1C(=O)[C@@H]2[C@H](C1=O)[C@H]1C=C[C@H]2C1. The Kier molecular flexibility index (Phi) is 5.44. The molecule has 2 aliphatic heterocycles. The monoisotopic (exact) mass is 515 g/mol. The average Bonchev–Trinajstić information content (AvgIpc) is 3.64. The van der Waals surface area contributed by atoms with Crippen molar-refractivity contribution in [3.05, 3.63) is 69.8 Å². The Morgan fingerprint density at radius 2 is 1.66 bits per heavy atom. The van der Waals surface area contributed by atoms with E-state index in [-0.39, 0.29) is 65.8 Å². The Morgan fingerprint density at radius 3 is 2.29 bits per heavy atom. The highest BCUT2D eigenvalue weighted by Crippen LogP contribution is 2.53. The molecule has 3 fully saturated rings. The van der Waals surface area contributed by atoms with E-state index in [1.54, 1.807) is 44.2 Å². The van der Waals surface area contributed by atoms with Gasteiger partial charge in [-0.25, -0.2) is 4.90 Å². The highest BCUT2D eigenvalue weighted by Gasteiger charge is 2.59. The van der Waals surface area contributed by atoms with Crippen LogP contribution in [0, 0.1) is 53.6 Å². The summed E-state index contributed by atoms with van der Waals surface area (Å²) >= 11 is 0. The van der Waals surface area contributed by atoms with Gasteiger partial charge in [-0.1, -0.05) is 18.2 Å². The molecule has 0 radical (unpaired) electrons. The van der Waals surface area contributed by atoms with Crippen molar-refractivity contribution in [2.75, 3.05) is 16.3 Å². The van der Waals surface area contributed by atoms with Crippen molar-refractivity contribution in [1.82, 2.24) is 0 Å². The highest BCUT2D eigenvalue weighted by molar-refractivity contribution is 6.23. The van der Waals surface area contributed by atoms with Gasteiger partial charge in [0.25, 0.3) is 5.69 Å². The molecule has 10 heteroatoms. The fourth-order valence-corrected chi connectivity index (χ4v) is 6.36. The molecule has 0 unspecified atom stereocenters. The van der Waals surface area contributed by atoms with E-state index in [1.165, 1.54) is 15.9 Å². The number of carbonyl (C=O) groups excluding carboxylic acids is 4. The van der Waals surface area contributed by atoms with Gasteiger partial charge in [-0.3, -0.25) is 29.3 Å². The second kappa shape index (κ2) is 8.61. The quantitative estimate of drug-likeness (QED) is 0.149. The predicted octanol–water partition coefficient (Wildman–Crippen LogP) is 3.48. The topological polar surface area (TPSA) is 127 Å². The molecular weight excluding hydrogens is 490 g/mol. The van der Waals surface area contributed by atoms with Gasteiger partial charge in [-0.15, -0.1) is 0 Å². The summed E-state index contributed by atoms with van der Waals surface area (Å²) in [6.07, 6.45) is 4.87. The van der Waals surface area contributed by atoms with E-state index in [0.717, 1.165) is 6.42 Å². The molecule has 10 nitrogen and oxygen atoms in total. The van der Waals surface area contributed by atoms with Crippen LogP contribution in [-0.4, -0.2) is 35.2 Å². The molecule has 1 saturated carbocycles. The summed E-state index contributed by atoms with van der Waals surface area (Å²) in [6.45, 7) is 3.41. The number of aryl methyl sites for hydroxylation is 2. The number of anilines is 2. The largest absolute Gasteiger partial charge is 0.426 e. The number of benzene rings is 2. The van der Waals surface area contributed by atoms with Crippen LogP contribution < -0.4 is 14.5 Å². The lowest BCUT2D eigenvalue weighted by atomic mass is 9.85. The van der Waals surface area contributed by atoms with Crippen molar-refractivity contribution >= 4 is 40.8 Å². The van der Waals surface area contributed by atoms with Crippen LogP contribution in [-0.2, 0) is 19.2 Å². The minimum Gasteiger partial charge on any atom is -0.426 e. The van der Waals surface area contributed by atoms with Gasteiger partial charge in [0.15, 0.2) is 0 Å². The molecule has 6 rings (SSSR count). The van der Waals surface area contributed by atoms with Crippen LogP contribution in [0.1, 0.15) is 24.0 Å². The molecule has 2 aliphatic carbocycles. The number of rotatable bonds is 5. The van der Waals surface area contributed by atoms with Crippen molar-refractivity contribution < 1.29 is 28.8 Å². The van der Waals surface area contributed by atoms with Crippen LogP contribution in [0.4, 0.5) is 17.1 Å². The van der Waals surface area contributed by atoms with E-state index in [9.17, 15) is 29.3 Å². The van der Waals surface area contributed by atoms with Gasteiger partial charge < -0.3 is 9.64 Å². The fourth-order valence-electron chi connectivity index (χ4n) is 6.36. The number of esters is 1. The number of amides is 3. The first kappa shape index (κ1) is 24.0. The van der Waals surface area contributed by atoms with Crippen molar-refractivity contribution in [3.63, 3.8) is 0 Å². The van der Waals surface area contributed by atoms with E-state index >= 15 is 0 Å². The second-order valence-electron chi connectivity index (χ2n) is 10.5. The molecule has 2 saturated heterocycles. The van der Waals surface area contributed by atoms with Gasteiger partial charge >= 0.3 is 5.97 Å². The standard InChI is InChI=1S/C28H25N3O7/c1-14-3-6-19(12-22(14)31(36)37)29-13-18(11-23(29)32)28(35)38-20-7-8-21(15(2)9-20)30-26(33)24-16-4-5-17(10-16)25(24)27(30)34/h3-9,12,16-18,24-25H,10-11,13H2,1-2H3/t16-,17-,18+,24-,25+/m0/s1. The summed E-state index contributed by atoms with van der Waals surface area (Å²) in [5, 5.41) is 11.3. The lowest BCUT2D eigenvalue weighted by molar-refractivity contribution is -0.385. The Bertz CT molecular complexity index is 1430. The molecule has 0 N–H and O–H groups in total. The zero-order chi connectivity index (χ0) is 26.9. The Labute approximate surface area is 218 Å². The molecule has 0 spiro atoms. The Morgan fingerprint density at radius 1 is 0.974 bits per heavy atom. The summed E-state index contributed by atoms with van der Waals surface area (Å²) in [5.41, 5.74) is 1.84. The second-order valence-corrected chi connectivity index (χ2v) is 10.5. The Hall–Kier alpha value is -4.34. The maximum absolute atomic E-state index is 13.1. The molecular formula is C28H25N3O7. The van der Waals surface area contributed by atoms with Crippen LogP contribution in [0.2, 0.25) is 0 Å². The summed E-state index contributed by atoms with van der Waals surface area (Å²) in [4.78, 5) is 65.2. The first-order valence-corrected chi connectivity index (χ1v) is 12.6. The van der Waals surface area contributed by atoms with Crippen molar-refractivity contribution in [3.8, 4) is 5.75 Å². The van der Waals surface area contributed by atoms with E-state index < -0.39 is 16.8 Å². The smallest absolute Gasteiger partial charge is 0.316 e. The van der Waals surface area contributed by atoms with Gasteiger partial charge in [-0.2, -0.15) is 0 Å². The first-order chi connectivity index (χ1) is 18.1. The number of carbonyl (C=O) groups is 4. The molecule has 4 aliphatic rings. The maximum atomic E-state index is 13.1. The number of ether oxygens (including phenoxy) is 1. The minimum absolute atomic E-state index is 0.0465. The third kappa shape index (κ3) is 3.62. The molecule has 3 amide bonds. The predicted molar refractivity (Wildman–Crippen MR) is 135 cm³/mol. The van der Waals surface area contributed by atoms with Gasteiger partial charge in [0.05, 0.1) is 34.1 Å². The van der Waals surface area contributed by atoms with Crippen LogP contribution in [0.5, 0.6) is 5.75 Å². The number of imide groups is 1. The zero-order valence-corrected chi connectivity index (χ0v) is 20.8. The molecule has 0 aromatic heterocycles. The van der Waals surface area contributed by atoms with Gasteiger partial charge in [0.2, 0.25) is 17.7 Å². The lowest BCUT2D eigenvalue weighted by Gasteiger charge is -2.20. The molecule has 2 aromatic rings. The molecule has 38 heavy (non-hydrogen) atoms. The molecule has 2 bridgehead atoms. The third-order valence-electron chi connectivity index (χ3n) is 8.26. The number of hydrogen-bond donors (Lipinski definition) is 0. The number of nitro groups is 1.